The van der Waals surface area contributed by atoms with Crippen LogP contribution in [0.2, 0.25) is 0 Å². The fraction of sp³-hybridized carbons (Fsp3) is 0.0714. The van der Waals surface area contributed by atoms with Crippen LogP contribution in [0.1, 0.15) is 10.5 Å². The topological polar surface area (TPSA) is 83.1 Å². The van der Waals surface area contributed by atoms with Gasteiger partial charge in [-0.05, 0) is 52.3 Å². The number of pyridine rings is 1. The second kappa shape index (κ2) is 6.85. The molecule has 7 heteroatoms. The van der Waals surface area contributed by atoms with Crippen molar-refractivity contribution in [3.63, 3.8) is 0 Å². The number of hydrogen-bond donors (Lipinski definition) is 3. The molecule has 0 saturated carbocycles. The first-order valence-electron chi connectivity index (χ1n) is 6.11. The van der Waals surface area contributed by atoms with Crippen molar-refractivity contribution in [2.45, 2.75) is 0 Å². The predicted molar refractivity (Wildman–Crippen MR) is 84.4 cm³/mol. The zero-order valence-electron chi connectivity index (χ0n) is 11.2. The summed E-state index contributed by atoms with van der Waals surface area (Å²) >= 11 is 3.28. The molecular formula is C14H13BrN4O2. The molecule has 1 heterocycles. The Hall–Kier alpha value is -2.41. The van der Waals surface area contributed by atoms with E-state index in [4.69, 9.17) is 0 Å². The van der Waals surface area contributed by atoms with Crippen LogP contribution >= 0.6 is 15.9 Å². The lowest BCUT2D eigenvalue weighted by Gasteiger charge is -2.08. The highest BCUT2D eigenvalue weighted by molar-refractivity contribution is 9.10. The predicted octanol–water partition coefficient (Wildman–Crippen LogP) is 2.85. The number of carbonyl (C=O) groups excluding carboxylic acids is 2. The lowest BCUT2D eigenvalue weighted by Crippen LogP contribution is -2.24. The third kappa shape index (κ3) is 4.03. The van der Waals surface area contributed by atoms with Crippen molar-refractivity contribution < 1.29 is 9.59 Å². The molecule has 0 fully saturated rings. The Morgan fingerprint density at radius 1 is 1.05 bits per heavy atom. The van der Waals surface area contributed by atoms with E-state index in [0.717, 1.165) is 0 Å². The summed E-state index contributed by atoms with van der Waals surface area (Å²) in [6.07, 6.45) is 1.55. The summed E-state index contributed by atoms with van der Waals surface area (Å²) in [4.78, 5) is 27.2. The van der Waals surface area contributed by atoms with Gasteiger partial charge in [0.2, 0.25) is 0 Å². The maximum atomic E-state index is 12.1. The van der Waals surface area contributed by atoms with Crippen LogP contribution in [0, 0.1) is 0 Å². The van der Waals surface area contributed by atoms with Crippen LogP contribution in [0.3, 0.4) is 0 Å². The zero-order valence-corrected chi connectivity index (χ0v) is 12.8. The number of hydrogen-bond acceptors (Lipinski definition) is 3. The molecule has 0 bridgehead atoms. The average molecular weight is 349 g/mol. The summed E-state index contributed by atoms with van der Waals surface area (Å²) in [6.45, 7) is 0. The molecule has 6 nitrogen and oxygen atoms in total. The highest BCUT2D eigenvalue weighted by atomic mass is 79.9. The Morgan fingerprint density at radius 3 is 2.24 bits per heavy atom. The van der Waals surface area contributed by atoms with E-state index < -0.39 is 0 Å². The molecule has 1 aromatic heterocycles. The van der Waals surface area contributed by atoms with Gasteiger partial charge in [-0.15, -0.1) is 0 Å². The van der Waals surface area contributed by atoms with Gasteiger partial charge in [-0.3, -0.25) is 4.79 Å². The molecule has 0 aliphatic heterocycles. The van der Waals surface area contributed by atoms with Crippen molar-refractivity contribution in [3.8, 4) is 0 Å². The smallest absolute Gasteiger partial charge is 0.318 e. The summed E-state index contributed by atoms with van der Waals surface area (Å²) in [5.74, 6) is -0.311. The van der Waals surface area contributed by atoms with Crippen LogP contribution < -0.4 is 16.0 Å². The second-order valence-corrected chi connectivity index (χ2v) is 4.92. The van der Waals surface area contributed by atoms with E-state index in [0.29, 0.717) is 21.5 Å². The van der Waals surface area contributed by atoms with E-state index in [1.54, 1.807) is 42.6 Å². The maximum absolute atomic E-state index is 12.1. The molecule has 3 amide bonds. The van der Waals surface area contributed by atoms with Gasteiger partial charge in [-0.25, -0.2) is 9.78 Å². The van der Waals surface area contributed by atoms with Gasteiger partial charge < -0.3 is 16.0 Å². The Bertz CT molecular complexity index is 658. The van der Waals surface area contributed by atoms with Crippen molar-refractivity contribution in [2.24, 2.45) is 0 Å². The lowest BCUT2D eigenvalue weighted by atomic mass is 10.2. The average Bonchev–Trinajstić information content (AvgIpc) is 2.49. The molecule has 2 aromatic rings. The maximum Gasteiger partial charge on any atom is 0.318 e. The van der Waals surface area contributed by atoms with Crippen molar-refractivity contribution in [3.05, 3.63) is 52.8 Å². The fourth-order valence-corrected chi connectivity index (χ4v) is 2.01. The number of rotatable bonds is 3. The molecule has 1 aromatic carbocycles. The Morgan fingerprint density at radius 2 is 1.67 bits per heavy atom. The third-order valence-corrected chi connectivity index (χ3v) is 3.24. The van der Waals surface area contributed by atoms with E-state index in [2.05, 4.69) is 36.9 Å². The third-order valence-electron chi connectivity index (χ3n) is 2.60. The normalized spacial score (nSPS) is 9.81. The minimum atomic E-state index is -0.311. The van der Waals surface area contributed by atoms with Crippen molar-refractivity contribution in [1.82, 2.24) is 10.3 Å². The Labute approximate surface area is 130 Å². The van der Waals surface area contributed by atoms with E-state index in [1.807, 2.05) is 0 Å². The van der Waals surface area contributed by atoms with Gasteiger partial charge in [-0.2, -0.15) is 0 Å². The molecule has 0 atom stereocenters. The first-order valence-corrected chi connectivity index (χ1v) is 6.90. The monoisotopic (exact) mass is 348 g/mol. The quantitative estimate of drug-likeness (QED) is 0.797. The van der Waals surface area contributed by atoms with Crippen molar-refractivity contribution in [1.29, 1.82) is 0 Å². The van der Waals surface area contributed by atoms with Crippen LogP contribution in [0.5, 0.6) is 0 Å². The number of nitrogens with one attached hydrogen (secondary N) is 3. The summed E-state index contributed by atoms with van der Waals surface area (Å²) < 4.78 is 0.625. The zero-order chi connectivity index (χ0) is 15.2. The number of anilines is 2. The summed E-state index contributed by atoms with van der Waals surface area (Å²) in [5.41, 5.74) is 1.55. The van der Waals surface area contributed by atoms with Gasteiger partial charge in [-0.1, -0.05) is 0 Å². The standard InChI is InChI=1S/C14H13BrN4O2/c1-16-14(21)19-10-6-4-9(5-7-10)18-13(20)12-11(15)3-2-8-17-12/h2-8H,1H3,(H,18,20)(H2,16,19,21). The molecule has 0 unspecified atom stereocenters. The molecule has 0 radical (unpaired) electrons. The molecule has 108 valence electrons. The van der Waals surface area contributed by atoms with Gasteiger partial charge >= 0.3 is 6.03 Å². The van der Waals surface area contributed by atoms with E-state index in [9.17, 15) is 9.59 Å². The number of amides is 3. The van der Waals surface area contributed by atoms with Gasteiger partial charge in [0.1, 0.15) is 5.69 Å². The van der Waals surface area contributed by atoms with Gasteiger partial charge in [0, 0.05) is 29.1 Å². The molecular weight excluding hydrogens is 336 g/mol. The van der Waals surface area contributed by atoms with Crippen LogP contribution in [0.15, 0.2) is 47.1 Å². The number of nitrogens with zero attached hydrogens (tertiary/aromatic N) is 1. The summed E-state index contributed by atoms with van der Waals surface area (Å²) in [5, 5.41) is 7.82. The lowest BCUT2D eigenvalue weighted by molar-refractivity contribution is 0.102. The molecule has 0 aliphatic carbocycles. The summed E-state index contributed by atoms with van der Waals surface area (Å²) in [6, 6.07) is 9.96. The second-order valence-electron chi connectivity index (χ2n) is 4.07. The molecule has 21 heavy (non-hydrogen) atoms. The largest absolute Gasteiger partial charge is 0.341 e. The number of halogens is 1. The summed E-state index contributed by atoms with van der Waals surface area (Å²) in [7, 11) is 1.54. The highest BCUT2D eigenvalue weighted by Gasteiger charge is 2.11. The van der Waals surface area contributed by atoms with Crippen molar-refractivity contribution >= 4 is 39.2 Å². The minimum Gasteiger partial charge on any atom is -0.341 e. The van der Waals surface area contributed by atoms with Crippen LogP contribution in [0.25, 0.3) is 0 Å². The molecule has 0 aliphatic rings. The molecule has 3 N–H and O–H groups in total. The van der Waals surface area contributed by atoms with Gasteiger partial charge in [0.05, 0.1) is 0 Å². The van der Waals surface area contributed by atoms with E-state index in [1.165, 1.54) is 7.05 Å². The number of urea groups is 1. The highest BCUT2D eigenvalue weighted by Crippen LogP contribution is 2.17. The number of aromatic nitrogens is 1. The van der Waals surface area contributed by atoms with Crippen LogP contribution in [-0.2, 0) is 0 Å². The molecule has 2 rings (SSSR count). The molecule has 0 spiro atoms. The van der Waals surface area contributed by atoms with Gasteiger partial charge in [0.15, 0.2) is 0 Å². The minimum absolute atomic E-state index is 0.302. The first kappa shape index (κ1) is 15.0. The molecule has 0 saturated heterocycles. The number of carbonyl (C=O) groups is 2. The van der Waals surface area contributed by atoms with Crippen LogP contribution in [-0.4, -0.2) is 24.0 Å². The first-order chi connectivity index (χ1) is 10.1. The SMILES string of the molecule is CNC(=O)Nc1ccc(NC(=O)c2ncccc2Br)cc1. The van der Waals surface area contributed by atoms with Crippen LogP contribution in [0.4, 0.5) is 16.2 Å². The van der Waals surface area contributed by atoms with E-state index >= 15 is 0 Å². The Kier molecular flexibility index (Phi) is 4.89. The van der Waals surface area contributed by atoms with Gasteiger partial charge in [0.25, 0.3) is 5.91 Å². The number of benzene rings is 1. The fourth-order valence-electron chi connectivity index (χ4n) is 1.57. The van der Waals surface area contributed by atoms with Crippen molar-refractivity contribution in [2.75, 3.05) is 17.7 Å². The van der Waals surface area contributed by atoms with E-state index in [-0.39, 0.29) is 11.9 Å². The Balaban J connectivity index is 2.05.